The first-order chi connectivity index (χ1) is 10.1. The second-order valence-corrected chi connectivity index (χ2v) is 5.11. The molecule has 1 aromatic carbocycles. The van der Waals surface area contributed by atoms with Crippen LogP contribution in [-0.2, 0) is 24.8 Å². The maximum absolute atomic E-state index is 11.9. The number of aryl methyl sites for hydroxylation is 2. The molecule has 0 atom stereocenters. The van der Waals surface area contributed by atoms with E-state index in [2.05, 4.69) is 16.0 Å². The number of aromatic nitrogens is 1. The van der Waals surface area contributed by atoms with Gasteiger partial charge in [-0.3, -0.25) is 4.79 Å². The van der Waals surface area contributed by atoms with E-state index in [4.69, 9.17) is 4.74 Å². The molecule has 0 radical (unpaired) electrons. The number of nitrogens with one attached hydrogen (secondary N) is 1. The van der Waals surface area contributed by atoms with Crippen LogP contribution in [0.25, 0.3) is 0 Å². The molecular weight excluding hydrogens is 264 g/mol. The van der Waals surface area contributed by atoms with E-state index >= 15 is 0 Å². The van der Waals surface area contributed by atoms with Crippen molar-refractivity contribution in [1.82, 2.24) is 9.88 Å². The average Bonchev–Trinajstić information content (AvgIpc) is 2.82. The van der Waals surface area contributed by atoms with Crippen molar-refractivity contribution in [3.05, 3.63) is 53.3 Å². The van der Waals surface area contributed by atoms with Crippen LogP contribution in [0, 0.1) is 6.92 Å². The number of benzene rings is 1. The van der Waals surface area contributed by atoms with Gasteiger partial charge in [-0.2, -0.15) is 0 Å². The Labute approximate surface area is 125 Å². The van der Waals surface area contributed by atoms with Crippen molar-refractivity contribution in [3.63, 3.8) is 0 Å². The van der Waals surface area contributed by atoms with E-state index in [1.54, 1.807) is 7.11 Å². The van der Waals surface area contributed by atoms with Gasteiger partial charge in [0.15, 0.2) is 0 Å². The van der Waals surface area contributed by atoms with Crippen molar-refractivity contribution < 1.29 is 9.53 Å². The molecule has 2 aromatic rings. The molecule has 4 nitrogen and oxygen atoms in total. The Bertz CT molecular complexity index is 617. The molecule has 1 aromatic heterocycles. The summed E-state index contributed by atoms with van der Waals surface area (Å²) in [4.78, 5) is 11.9. The highest BCUT2D eigenvalue weighted by Gasteiger charge is 2.07. The summed E-state index contributed by atoms with van der Waals surface area (Å²) < 4.78 is 7.37. The van der Waals surface area contributed by atoms with Gasteiger partial charge in [0.05, 0.1) is 13.7 Å². The Morgan fingerprint density at radius 2 is 2.00 bits per heavy atom. The maximum atomic E-state index is 11.9. The zero-order valence-corrected chi connectivity index (χ0v) is 12.8. The zero-order valence-electron chi connectivity index (χ0n) is 12.8. The van der Waals surface area contributed by atoms with Gasteiger partial charge in [-0.15, -0.1) is 0 Å². The van der Waals surface area contributed by atoms with E-state index in [9.17, 15) is 4.79 Å². The minimum absolute atomic E-state index is 0.0553. The predicted molar refractivity (Wildman–Crippen MR) is 83.3 cm³/mol. The highest BCUT2D eigenvalue weighted by Crippen LogP contribution is 2.18. The zero-order chi connectivity index (χ0) is 15.2. The van der Waals surface area contributed by atoms with E-state index in [0.29, 0.717) is 19.4 Å². The highest BCUT2D eigenvalue weighted by atomic mass is 16.5. The Morgan fingerprint density at radius 3 is 2.67 bits per heavy atom. The number of nitrogens with zero attached hydrogens (tertiary/aromatic N) is 1. The molecule has 1 N–H and O–H groups in total. The van der Waals surface area contributed by atoms with Gasteiger partial charge in [0, 0.05) is 24.9 Å². The third-order valence-electron chi connectivity index (χ3n) is 3.76. The van der Waals surface area contributed by atoms with Crippen molar-refractivity contribution in [1.29, 1.82) is 0 Å². The van der Waals surface area contributed by atoms with Crippen LogP contribution >= 0.6 is 0 Å². The fraction of sp³-hybridized carbons (Fsp3) is 0.353. The molecule has 21 heavy (non-hydrogen) atoms. The molecule has 0 aliphatic carbocycles. The molecule has 0 saturated carbocycles. The summed E-state index contributed by atoms with van der Waals surface area (Å²) >= 11 is 0. The lowest BCUT2D eigenvalue weighted by atomic mass is 10.1. The third kappa shape index (κ3) is 3.88. The van der Waals surface area contributed by atoms with Crippen molar-refractivity contribution in [2.24, 2.45) is 7.05 Å². The molecule has 112 valence electrons. The molecule has 1 amide bonds. The molecule has 0 spiro atoms. The van der Waals surface area contributed by atoms with E-state index in [0.717, 1.165) is 17.0 Å². The van der Waals surface area contributed by atoms with Crippen molar-refractivity contribution in [3.8, 4) is 5.75 Å². The van der Waals surface area contributed by atoms with E-state index in [1.165, 1.54) is 5.69 Å². The minimum Gasteiger partial charge on any atom is -0.496 e. The van der Waals surface area contributed by atoms with Gasteiger partial charge in [-0.1, -0.05) is 18.2 Å². The second kappa shape index (κ2) is 6.97. The molecule has 2 rings (SSSR count). The van der Waals surface area contributed by atoms with Gasteiger partial charge in [-0.25, -0.2) is 0 Å². The van der Waals surface area contributed by atoms with Crippen molar-refractivity contribution >= 4 is 5.91 Å². The average molecular weight is 286 g/mol. The highest BCUT2D eigenvalue weighted by molar-refractivity contribution is 5.76. The lowest BCUT2D eigenvalue weighted by Gasteiger charge is -2.09. The molecule has 0 bridgehead atoms. The first-order valence-electron chi connectivity index (χ1n) is 7.11. The monoisotopic (exact) mass is 286 g/mol. The Morgan fingerprint density at radius 1 is 1.24 bits per heavy atom. The molecule has 0 fully saturated rings. The smallest absolute Gasteiger partial charge is 0.220 e. The Balaban J connectivity index is 1.84. The van der Waals surface area contributed by atoms with E-state index < -0.39 is 0 Å². The lowest BCUT2D eigenvalue weighted by molar-refractivity contribution is -0.121. The summed E-state index contributed by atoms with van der Waals surface area (Å²) in [5.41, 5.74) is 3.36. The second-order valence-electron chi connectivity index (χ2n) is 5.11. The normalized spacial score (nSPS) is 10.4. The fourth-order valence-electron chi connectivity index (χ4n) is 2.28. The number of carbonyl (C=O) groups is 1. The molecule has 0 saturated heterocycles. The molecule has 0 unspecified atom stereocenters. The van der Waals surface area contributed by atoms with E-state index in [-0.39, 0.29) is 5.91 Å². The maximum Gasteiger partial charge on any atom is 0.220 e. The molecule has 4 heteroatoms. The number of rotatable bonds is 6. The van der Waals surface area contributed by atoms with Gasteiger partial charge in [0.1, 0.15) is 5.75 Å². The van der Waals surface area contributed by atoms with Crippen LogP contribution in [0.4, 0.5) is 0 Å². The van der Waals surface area contributed by atoms with Crippen molar-refractivity contribution in [2.75, 3.05) is 7.11 Å². The fourth-order valence-corrected chi connectivity index (χ4v) is 2.28. The number of hydrogen-bond donors (Lipinski definition) is 1. The number of para-hydroxylation sites is 1. The standard InChI is InChI=1S/C17H22N2O2/c1-13-8-10-15(19(13)2)12-18-17(20)11-9-14-6-4-5-7-16(14)21-3/h4-8,10H,9,11-12H2,1-3H3,(H,18,20). The summed E-state index contributed by atoms with van der Waals surface area (Å²) in [6.45, 7) is 2.61. The number of amides is 1. The van der Waals surface area contributed by atoms with Gasteiger partial charge in [0.25, 0.3) is 0 Å². The van der Waals surface area contributed by atoms with Crippen LogP contribution in [0.5, 0.6) is 5.75 Å². The summed E-state index contributed by atoms with van der Waals surface area (Å²) in [5, 5.41) is 2.96. The summed E-state index contributed by atoms with van der Waals surface area (Å²) in [6, 6.07) is 11.9. The largest absolute Gasteiger partial charge is 0.496 e. The van der Waals surface area contributed by atoms with Crippen LogP contribution in [0.1, 0.15) is 23.4 Å². The molecule has 1 heterocycles. The minimum atomic E-state index is 0.0553. The van der Waals surface area contributed by atoms with Gasteiger partial charge < -0.3 is 14.6 Å². The summed E-state index contributed by atoms with van der Waals surface area (Å²) in [6.07, 6.45) is 1.14. The molecule has 0 aliphatic rings. The quantitative estimate of drug-likeness (QED) is 0.887. The summed E-state index contributed by atoms with van der Waals surface area (Å²) in [7, 11) is 3.66. The van der Waals surface area contributed by atoms with Gasteiger partial charge in [-0.05, 0) is 37.1 Å². The lowest BCUT2D eigenvalue weighted by Crippen LogP contribution is -2.24. The first-order valence-corrected chi connectivity index (χ1v) is 7.11. The predicted octanol–water partition coefficient (Wildman–Crippen LogP) is 2.59. The Kier molecular flexibility index (Phi) is 5.04. The van der Waals surface area contributed by atoms with Crippen molar-refractivity contribution in [2.45, 2.75) is 26.3 Å². The van der Waals surface area contributed by atoms with Gasteiger partial charge in [0.2, 0.25) is 5.91 Å². The number of hydrogen-bond acceptors (Lipinski definition) is 2. The van der Waals surface area contributed by atoms with Crippen LogP contribution < -0.4 is 10.1 Å². The number of ether oxygens (including phenoxy) is 1. The topological polar surface area (TPSA) is 43.3 Å². The van der Waals surface area contributed by atoms with Crippen LogP contribution in [0.3, 0.4) is 0 Å². The Hall–Kier alpha value is -2.23. The van der Waals surface area contributed by atoms with Crippen LogP contribution in [0.15, 0.2) is 36.4 Å². The van der Waals surface area contributed by atoms with Crippen LogP contribution in [0.2, 0.25) is 0 Å². The molecule has 0 aliphatic heterocycles. The van der Waals surface area contributed by atoms with Gasteiger partial charge >= 0.3 is 0 Å². The van der Waals surface area contributed by atoms with E-state index in [1.807, 2.05) is 44.3 Å². The molecular formula is C17H22N2O2. The SMILES string of the molecule is COc1ccccc1CCC(=O)NCc1ccc(C)n1C. The summed E-state index contributed by atoms with van der Waals surface area (Å²) in [5.74, 6) is 0.892. The number of methoxy groups -OCH3 is 1. The van der Waals surface area contributed by atoms with Crippen LogP contribution in [-0.4, -0.2) is 17.6 Å². The third-order valence-corrected chi connectivity index (χ3v) is 3.76. The number of carbonyl (C=O) groups excluding carboxylic acids is 1. The first kappa shape index (κ1) is 15.2.